The fourth-order valence-electron chi connectivity index (χ4n) is 1.81. The molecule has 2 rings (SSSR count). The summed E-state index contributed by atoms with van der Waals surface area (Å²) in [5.41, 5.74) is 0.519. The van der Waals surface area contributed by atoms with E-state index < -0.39 is 4.92 Å². The lowest BCUT2D eigenvalue weighted by Crippen LogP contribution is -2.20. The lowest BCUT2D eigenvalue weighted by atomic mass is 10.3. The molecule has 114 valence electrons. The van der Waals surface area contributed by atoms with E-state index >= 15 is 0 Å². The smallest absolute Gasteiger partial charge is 0.310 e. The van der Waals surface area contributed by atoms with Crippen molar-refractivity contribution in [2.75, 3.05) is 18.2 Å². The first-order chi connectivity index (χ1) is 10.6. The molecular formula is C15H14N2O4S. The van der Waals surface area contributed by atoms with E-state index in [1.165, 1.54) is 23.9 Å². The summed E-state index contributed by atoms with van der Waals surface area (Å²) in [6.45, 7) is -0.298. The van der Waals surface area contributed by atoms with Crippen LogP contribution in [0.1, 0.15) is 0 Å². The number of amides is 1. The fourth-order valence-corrected chi connectivity index (χ4v) is 2.36. The van der Waals surface area contributed by atoms with Crippen LogP contribution in [-0.2, 0) is 4.79 Å². The van der Waals surface area contributed by atoms with Gasteiger partial charge in [-0.05, 0) is 24.5 Å². The van der Waals surface area contributed by atoms with Crippen LogP contribution < -0.4 is 10.1 Å². The standard InChI is InChI=1S/C15H14N2O4S/c1-22-14-9-5-2-6-11(14)16-15(18)10-21-13-8-4-3-7-12(13)17(19)20/h2-9H,10H2,1H3,(H,16,18). The van der Waals surface area contributed by atoms with E-state index in [0.29, 0.717) is 5.69 Å². The minimum absolute atomic E-state index is 0.0702. The van der Waals surface area contributed by atoms with Gasteiger partial charge in [-0.1, -0.05) is 24.3 Å². The molecule has 6 nitrogen and oxygen atoms in total. The van der Waals surface area contributed by atoms with Crippen molar-refractivity contribution in [1.29, 1.82) is 0 Å². The third-order valence-corrected chi connectivity index (χ3v) is 3.60. The molecule has 7 heteroatoms. The number of carbonyl (C=O) groups is 1. The number of nitrogens with zero attached hydrogens (tertiary/aromatic N) is 1. The summed E-state index contributed by atoms with van der Waals surface area (Å²) in [5, 5.41) is 13.6. The van der Waals surface area contributed by atoms with E-state index in [-0.39, 0.29) is 24.0 Å². The van der Waals surface area contributed by atoms with Gasteiger partial charge in [-0.2, -0.15) is 0 Å². The Kier molecular flexibility index (Phi) is 5.37. The highest BCUT2D eigenvalue weighted by atomic mass is 32.2. The van der Waals surface area contributed by atoms with Gasteiger partial charge in [0.2, 0.25) is 0 Å². The predicted molar refractivity (Wildman–Crippen MR) is 85.4 cm³/mol. The van der Waals surface area contributed by atoms with Crippen LogP contribution in [0.5, 0.6) is 5.75 Å². The second-order valence-electron chi connectivity index (χ2n) is 4.26. The summed E-state index contributed by atoms with van der Waals surface area (Å²) in [5.74, 6) is -0.305. The molecule has 0 heterocycles. The number of ether oxygens (including phenoxy) is 1. The third-order valence-electron chi connectivity index (χ3n) is 2.80. The van der Waals surface area contributed by atoms with Crippen molar-refractivity contribution in [3.63, 3.8) is 0 Å². The Hall–Kier alpha value is -2.54. The van der Waals surface area contributed by atoms with Gasteiger partial charge in [0.1, 0.15) is 0 Å². The number of nitro groups is 1. The summed E-state index contributed by atoms with van der Waals surface area (Å²) in [4.78, 5) is 23.2. The molecule has 0 spiro atoms. The second-order valence-corrected chi connectivity index (χ2v) is 5.11. The van der Waals surface area contributed by atoms with Crippen LogP contribution in [0.3, 0.4) is 0 Å². The molecule has 0 aliphatic rings. The summed E-state index contributed by atoms with van der Waals surface area (Å²) in [6.07, 6.45) is 1.91. The normalized spacial score (nSPS) is 10.0. The molecule has 0 radical (unpaired) electrons. The number of anilines is 1. The highest BCUT2D eigenvalue weighted by Gasteiger charge is 2.15. The summed E-state index contributed by atoms with van der Waals surface area (Å²) >= 11 is 1.51. The molecule has 0 aromatic heterocycles. The summed E-state index contributed by atoms with van der Waals surface area (Å²) in [7, 11) is 0. The predicted octanol–water partition coefficient (Wildman–Crippen LogP) is 3.33. The van der Waals surface area contributed by atoms with Crippen LogP contribution in [0.15, 0.2) is 53.4 Å². The Morgan fingerprint density at radius 1 is 1.23 bits per heavy atom. The molecule has 0 saturated carbocycles. The van der Waals surface area contributed by atoms with Crippen LogP contribution in [0.4, 0.5) is 11.4 Å². The summed E-state index contributed by atoms with van der Waals surface area (Å²) in [6, 6.07) is 13.3. The Morgan fingerprint density at radius 3 is 2.64 bits per heavy atom. The molecule has 0 bridgehead atoms. The van der Waals surface area contributed by atoms with Gasteiger partial charge >= 0.3 is 5.69 Å². The lowest BCUT2D eigenvalue weighted by molar-refractivity contribution is -0.385. The quantitative estimate of drug-likeness (QED) is 0.502. The maximum atomic E-state index is 11.9. The maximum absolute atomic E-state index is 11.9. The van der Waals surface area contributed by atoms with E-state index in [2.05, 4.69) is 5.32 Å². The van der Waals surface area contributed by atoms with Crippen molar-refractivity contribution < 1.29 is 14.5 Å². The van der Waals surface area contributed by atoms with Crippen LogP contribution in [0.25, 0.3) is 0 Å². The summed E-state index contributed by atoms with van der Waals surface area (Å²) < 4.78 is 5.25. The van der Waals surface area contributed by atoms with Gasteiger partial charge in [0.05, 0.1) is 10.6 Å². The molecule has 1 N–H and O–H groups in total. The molecule has 22 heavy (non-hydrogen) atoms. The van der Waals surface area contributed by atoms with Crippen molar-refractivity contribution in [3.8, 4) is 5.75 Å². The molecular weight excluding hydrogens is 304 g/mol. The average molecular weight is 318 g/mol. The van der Waals surface area contributed by atoms with Gasteiger partial charge in [-0.25, -0.2) is 0 Å². The number of nitro benzene ring substituents is 1. The minimum atomic E-state index is -0.545. The number of benzene rings is 2. The number of hydrogen-bond acceptors (Lipinski definition) is 5. The number of thioether (sulfide) groups is 1. The van der Waals surface area contributed by atoms with E-state index in [1.54, 1.807) is 18.2 Å². The number of nitrogens with one attached hydrogen (secondary N) is 1. The first kappa shape index (κ1) is 15.8. The Labute approximate surface area is 131 Å². The van der Waals surface area contributed by atoms with Crippen molar-refractivity contribution >= 4 is 29.0 Å². The lowest BCUT2D eigenvalue weighted by Gasteiger charge is -2.10. The molecule has 0 aliphatic carbocycles. The minimum Gasteiger partial charge on any atom is -0.477 e. The molecule has 1 amide bonds. The van der Waals surface area contributed by atoms with Gasteiger partial charge < -0.3 is 10.1 Å². The second kappa shape index (κ2) is 7.46. The zero-order chi connectivity index (χ0) is 15.9. The number of rotatable bonds is 6. The SMILES string of the molecule is CSc1ccccc1NC(=O)COc1ccccc1[N+](=O)[O-]. The number of hydrogen-bond donors (Lipinski definition) is 1. The van der Waals surface area contributed by atoms with E-state index in [9.17, 15) is 14.9 Å². The maximum Gasteiger partial charge on any atom is 0.310 e. The first-order valence-electron chi connectivity index (χ1n) is 6.41. The van der Waals surface area contributed by atoms with Gasteiger partial charge in [0.25, 0.3) is 5.91 Å². The van der Waals surface area contributed by atoms with Crippen molar-refractivity contribution in [2.45, 2.75) is 4.90 Å². The monoisotopic (exact) mass is 318 g/mol. The Balaban J connectivity index is 2.00. The molecule has 0 aliphatic heterocycles. The Morgan fingerprint density at radius 2 is 1.91 bits per heavy atom. The van der Waals surface area contributed by atoms with E-state index in [0.717, 1.165) is 4.90 Å². The van der Waals surface area contributed by atoms with E-state index in [1.807, 2.05) is 24.5 Å². The average Bonchev–Trinajstić information content (AvgIpc) is 2.53. The molecule has 2 aromatic rings. The highest BCUT2D eigenvalue weighted by Crippen LogP contribution is 2.26. The van der Waals surface area contributed by atoms with Crippen LogP contribution in [0.2, 0.25) is 0 Å². The van der Waals surface area contributed by atoms with Crippen LogP contribution in [0, 0.1) is 10.1 Å². The van der Waals surface area contributed by atoms with E-state index in [4.69, 9.17) is 4.74 Å². The zero-order valence-corrected chi connectivity index (χ0v) is 12.6. The van der Waals surface area contributed by atoms with Gasteiger partial charge in [-0.3, -0.25) is 14.9 Å². The third kappa shape index (κ3) is 3.98. The fraction of sp³-hybridized carbons (Fsp3) is 0.133. The molecule has 0 unspecified atom stereocenters. The first-order valence-corrected chi connectivity index (χ1v) is 7.63. The topological polar surface area (TPSA) is 81.5 Å². The van der Waals surface area contributed by atoms with Gasteiger partial charge in [-0.15, -0.1) is 11.8 Å². The Bertz CT molecular complexity index is 691. The molecule has 0 atom stereocenters. The van der Waals surface area contributed by atoms with Crippen molar-refractivity contribution in [2.24, 2.45) is 0 Å². The number of para-hydroxylation sites is 3. The van der Waals surface area contributed by atoms with Crippen molar-refractivity contribution in [3.05, 3.63) is 58.6 Å². The van der Waals surface area contributed by atoms with Crippen molar-refractivity contribution in [1.82, 2.24) is 0 Å². The molecule has 0 fully saturated rings. The number of carbonyl (C=O) groups excluding carboxylic acids is 1. The molecule has 0 saturated heterocycles. The zero-order valence-electron chi connectivity index (χ0n) is 11.8. The van der Waals surface area contributed by atoms with Crippen LogP contribution in [-0.4, -0.2) is 23.7 Å². The molecule has 2 aromatic carbocycles. The van der Waals surface area contributed by atoms with Crippen LogP contribution >= 0.6 is 11.8 Å². The highest BCUT2D eigenvalue weighted by molar-refractivity contribution is 7.98. The van der Waals surface area contributed by atoms with Gasteiger partial charge in [0.15, 0.2) is 12.4 Å². The van der Waals surface area contributed by atoms with Gasteiger partial charge in [0, 0.05) is 11.0 Å². The largest absolute Gasteiger partial charge is 0.477 e.